The van der Waals surface area contributed by atoms with E-state index in [1.807, 2.05) is 0 Å². The lowest BCUT2D eigenvalue weighted by molar-refractivity contribution is 0.628. The van der Waals surface area contributed by atoms with E-state index in [-0.39, 0.29) is 22.2 Å². The molecular weight excluding hydrogens is 326 g/mol. The Labute approximate surface area is 135 Å². The molecule has 0 spiro atoms. The van der Waals surface area contributed by atoms with Crippen molar-refractivity contribution in [3.05, 3.63) is 75.0 Å². The van der Waals surface area contributed by atoms with Gasteiger partial charge in [0.2, 0.25) is 0 Å². The summed E-state index contributed by atoms with van der Waals surface area (Å²) in [5.74, 6) is -0.0896. The van der Waals surface area contributed by atoms with E-state index >= 15 is 0 Å². The zero-order valence-electron chi connectivity index (χ0n) is 11.1. The molecule has 0 aliphatic carbocycles. The summed E-state index contributed by atoms with van der Waals surface area (Å²) < 4.78 is 12.9. The Morgan fingerprint density at radius 2 is 1.91 bits per heavy atom. The van der Waals surface area contributed by atoms with Crippen LogP contribution < -0.4 is 5.56 Å². The van der Waals surface area contributed by atoms with Crippen LogP contribution in [-0.4, -0.2) is 9.97 Å². The fourth-order valence-corrected chi connectivity index (χ4v) is 2.39. The summed E-state index contributed by atoms with van der Waals surface area (Å²) in [7, 11) is 0. The van der Waals surface area contributed by atoms with Gasteiger partial charge in [-0.3, -0.25) is 4.79 Å². The van der Waals surface area contributed by atoms with Gasteiger partial charge in [0.05, 0.1) is 15.9 Å². The monoisotopic (exact) mass is 334 g/mol. The molecule has 0 amide bonds. The van der Waals surface area contributed by atoms with Crippen LogP contribution in [0.5, 0.6) is 0 Å². The maximum absolute atomic E-state index is 12.9. The fraction of sp³-hybridized carbons (Fsp3) is 0. The smallest absolute Gasteiger partial charge is 0.259 e. The Morgan fingerprint density at radius 1 is 1.18 bits per heavy atom. The lowest BCUT2D eigenvalue weighted by Gasteiger charge is -2.03. The van der Waals surface area contributed by atoms with E-state index in [9.17, 15) is 9.18 Å². The molecule has 110 valence electrons. The highest BCUT2D eigenvalue weighted by Crippen LogP contribution is 2.21. The van der Waals surface area contributed by atoms with Gasteiger partial charge in [-0.2, -0.15) is 0 Å². The van der Waals surface area contributed by atoms with Crippen molar-refractivity contribution in [1.29, 1.82) is 0 Å². The number of aromatic nitrogens is 2. The summed E-state index contributed by atoms with van der Waals surface area (Å²) in [6.45, 7) is 0. The Bertz CT molecular complexity index is 933. The lowest BCUT2D eigenvalue weighted by atomic mass is 10.2. The highest BCUT2D eigenvalue weighted by Gasteiger charge is 2.07. The van der Waals surface area contributed by atoms with Crippen molar-refractivity contribution in [3.8, 4) is 0 Å². The highest BCUT2D eigenvalue weighted by atomic mass is 35.5. The summed E-state index contributed by atoms with van der Waals surface area (Å²) in [6.07, 6.45) is 1.60. The van der Waals surface area contributed by atoms with Crippen LogP contribution in [0.1, 0.15) is 11.4 Å². The van der Waals surface area contributed by atoms with Gasteiger partial charge in [-0.1, -0.05) is 35.3 Å². The van der Waals surface area contributed by atoms with Crippen molar-refractivity contribution in [2.75, 3.05) is 0 Å². The van der Waals surface area contributed by atoms with Crippen molar-refractivity contribution >= 4 is 45.2 Å². The first kappa shape index (κ1) is 14.8. The van der Waals surface area contributed by atoms with Gasteiger partial charge in [0.25, 0.3) is 5.56 Å². The maximum Gasteiger partial charge on any atom is 0.259 e. The first-order chi connectivity index (χ1) is 10.5. The van der Waals surface area contributed by atoms with Gasteiger partial charge in [0.15, 0.2) is 5.82 Å². The first-order valence-electron chi connectivity index (χ1n) is 6.36. The molecule has 0 unspecified atom stereocenters. The van der Waals surface area contributed by atoms with Gasteiger partial charge in [-0.25, -0.2) is 9.37 Å². The molecule has 0 saturated carbocycles. The van der Waals surface area contributed by atoms with Crippen LogP contribution in [0, 0.1) is 5.82 Å². The first-order valence-corrected chi connectivity index (χ1v) is 7.11. The highest BCUT2D eigenvalue weighted by molar-refractivity contribution is 6.50. The summed E-state index contributed by atoms with van der Waals surface area (Å²) >= 11 is 12.1. The minimum absolute atomic E-state index is 0.241. The molecule has 22 heavy (non-hydrogen) atoms. The molecule has 0 bridgehead atoms. The second-order valence-corrected chi connectivity index (χ2v) is 5.46. The number of rotatable bonds is 2. The number of nitrogens with zero attached hydrogens (tertiary/aromatic N) is 1. The van der Waals surface area contributed by atoms with E-state index in [0.29, 0.717) is 21.5 Å². The number of hydrogen-bond acceptors (Lipinski definition) is 2. The molecule has 2 aromatic carbocycles. The Kier molecular flexibility index (Phi) is 3.96. The molecule has 0 aliphatic heterocycles. The van der Waals surface area contributed by atoms with Crippen LogP contribution in [-0.2, 0) is 0 Å². The number of benzene rings is 2. The van der Waals surface area contributed by atoms with E-state index in [1.54, 1.807) is 36.4 Å². The minimum atomic E-state index is -0.331. The van der Waals surface area contributed by atoms with Crippen molar-refractivity contribution < 1.29 is 4.39 Å². The summed E-state index contributed by atoms with van der Waals surface area (Å²) in [6, 6.07) is 10.7. The van der Waals surface area contributed by atoms with Gasteiger partial charge in [0, 0.05) is 5.02 Å². The molecule has 3 rings (SSSR count). The second-order valence-electron chi connectivity index (χ2n) is 4.62. The Balaban J connectivity index is 2.07. The van der Waals surface area contributed by atoms with Crippen LogP contribution in [0.4, 0.5) is 4.39 Å². The molecule has 6 heteroatoms. The molecule has 0 fully saturated rings. The summed E-state index contributed by atoms with van der Waals surface area (Å²) in [5.41, 5.74) is 0.868. The average molecular weight is 335 g/mol. The number of aromatic amines is 1. The zero-order valence-corrected chi connectivity index (χ0v) is 12.6. The largest absolute Gasteiger partial charge is 0.305 e. The Hall–Kier alpha value is -2.17. The van der Waals surface area contributed by atoms with Crippen LogP contribution in [0.3, 0.4) is 0 Å². The molecule has 1 heterocycles. The van der Waals surface area contributed by atoms with Crippen molar-refractivity contribution in [1.82, 2.24) is 9.97 Å². The third-order valence-electron chi connectivity index (χ3n) is 3.06. The third-order valence-corrected chi connectivity index (χ3v) is 3.58. The van der Waals surface area contributed by atoms with E-state index in [0.717, 1.165) is 0 Å². The van der Waals surface area contributed by atoms with Crippen molar-refractivity contribution in [2.45, 2.75) is 0 Å². The standard InChI is InChI=1S/C16H9Cl2FN2O/c17-10-3-6-14-12(8-10)16(22)21-15(20-14)13(18)7-9-1-4-11(19)5-2-9/h1-8H,(H,20,21,22)/b13-7-. The molecule has 3 aromatic rings. The molecule has 3 nitrogen and oxygen atoms in total. The fourth-order valence-electron chi connectivity index (χ4n) is 2.00. The van der Waals surface area contributed by atoms with E-state index in [2.05, 4.69) is 9.97 Å². The molecule has 1 N–H and O–H groups in total. The van der Waals surface area contributed by atoms with Crippen LogP contribution in [0.25, 0.3) is 22.0 Å². The normalized spacial score (nSPS) is 11.9. The van der Waals surface area contributed by atoms with E-state index < -0.39 is 0 Å². The van der Waals surface area contributed by atoms with E-state index in [4.69, 9.17) is 23.2 Å². The number of fused-ring (bicyclic) bond motifs is 1. The number of nitrogens with one attached hydrogen (secondary N) is 1. The Morgan fingerprint density at radius 3 is 2.64 bits per heavy atom. The molecule has 1 aromatic heterocycles. The second kappa shape index (κ2) is 5.91. The van der Waals surface area contributed by atoms with Gasteiger partial charge in [-0.15, -0.1) is 0 Å². The van der Waals surface area contributed by atoms with Crippen LogP contribution in [0.15, 0.2) is 47.3 Å². The topological polar surface area (TPSA) is 45.8 Å². The zero-order chi connectivity index (χ0) is 15.7. The molecule has 0 radical (unpaired) electrons. The maximum atomic E-state index is 12.9. The summed E-state index contributed by atoms with van der Waals surface area (Å²) in [4.78, 5) is 19.0. The number of halogens is 3. The third kappa shape index (κ3) is 3.03. The number of hydrogen-bond donors (Lipinski definition) is 1. The number of H-pyrrole nitrogens is 1. The predicted octanol–water partition coefficient (Wildman–Crippen LogP) is 4.45. The van der Waals surface area contributed by atoms with Crippen molar-refractivity contribution in [2.24, 2.45) is 0 Å². The van der Waals surface area contributed by atoms with Crippen LogP contribution >= 0.6 is 23.2 Å². The van der Waals surface area contributed by atoms with Crippen molar-refractivity contribution in [3.63, 3.8) is 0 Å². The average Bonchev–Trinajstić information content (AvgIpc) is 2.50. The van der Waals surface area contributed by atoms with Gasteiger partial charge >= 0.3 is 0 Å². The predicted molar refractivity (Wildman–Crippen MR) is 87.5 cm³/mol. The lowest BCUT2D eigenvalue weighted by Crippen LogP contribution is -2.10. The molecule has 0 aliphatic rings. The summed E-state index contributed by atoms with van der Waals surface area (Å²) in [5, 5.41) is 1.10. The molecular formula is C16H9Cl2FN2O. The van der Waals surface area contributed by atoms with Gasteiger partial charge < -0.3 is 4.98 Å². The molecule has 0 saturated heterocycles. The minimum Gasteiger partial charge on any atom is -0.305 e. The van der Waals surface area contributed by atoms with E-state index in [1.165, 1.54) is 12.1 Å². The SMILES string of the molecule is O=c1[nH]c(/C(Cl)=C/c2ccc(F)cc2)nc2ccc(Cl)cc12. The molecule has 0 atom stereocenters. The quantitative estimate of drug-likeness (QED) is 0.752. The van der Waals surface area contributed by atoms with Crippen LogP contribution in [0.2, 0.25) is 5.02 Å². The van der Waals surface area contributed by atoms with Gasteiger partial charge in [-0.05, 0) is 42.0 Å². The van der Waals surface area contributed by atoms with Gasteiger partial charge in [0.1, 0.15) is 5.82 Å².